The number of carbonyl (C=O) groups is 2. The fourth-order valence-corrected chi connectivity index (χ4v) is 3.03. The van der Waals surface area contributed by atoms with Gasteiger partial charge >= 0.3 is 0 Å². The van der Waals surface area contributed by atoms with Crippen molar-refractivity contribution in [2.75, 3.05) is 55.4 Å². The summed E-state index contributed by atoms with van der Waals surface area (Å²) in [5.41, 5.74) is 2.38. The summed E-state index contributed by atoms with van der Waals surface area (Å²) in [6.07, 6.45) is 1.65. The van der Waals surface area contributed by atoms with Gasteiger partial charge in [-0.2, -0.15) is 0 Å². The summed E-state index contributed by atoms with van der Waals surface area (Å²) in [5.74, 6) is 0.684. The molecule has 0 saturated carbocycles. The van der Waals surface area contributed by atoms with Gasteiger partial charge in [-0.25, -0.2) is 4.98 Å². The summed E-state index contributed by atoms with van der Waals surface area (Å²) >= 11 is 0. The molecule has 0 radical (unpaired) electrons. The molecule has 0 aliphatic carbocycles. The van der Waals surface area contributed by atoms with Gasteiger partial charge in [0.25, 0.3) is 5.91 Å². The number of anilines is 3. The van der Waals surface area contributed by atoms with E-state index in [-0.39, 0.29) is 11.8 Å². The molecule has 1 aromatic carbocycles. The Balaban J connectivity index is 1.66. The molecule has 2 aromatic rings. The highest BCUT2D eigenvalue weighted by Gasteiger charge is 2.20. The largest absolute Gasteiger partial charge is 0.378 e. The van der Waals surface area contributed by atoms with Crippen molar-refractivity contribution in [3.8, 4) is 0 Å². The highest BCUT2D eigenvalue weighted by molar-refractivity contribution is 6.04. The molecule has 1 N–H and O–H groups in total. The van der Waals surface area contributed by atoms with Gasteiger partial charge in [-0.05, 0) is 36.4 Å². The molecule has 142 valence electrons. The van der Waals surface area contributed by atoms with Gasteiger partial charge in [0, 0.05) is 70.3 Å². The van der Waals surface area contributed by atoms with Crippen molar-refractivity contribution in [3.63, 3.8) is 0 Å². The van der Waals surface area contributed by atoms with E-state index in [9.17, 15) is 9.59 Å². The number of piperazine rings is 1. The Morgan fingerprint density at radius 2 is 1.70 bits per heavy atom. The minimum atomic E-state index is -0.168. The fourth-order valence-electron chi connectivity index (χ4n) is 3.03. The molecule has 1 fully saturated rings. The van der Waals surface area contributed by atoms with Crippen molar-refractivity contribution in [2.45, 2.75) is 6.92 Å². The van der Waals surface area contributed by atoms with Crippen LogP contribution in [0.25, 0.3) is 0 Å². The first-order valence-electron chi connectivity index (χ1n) is 8.99. The van der Waals surface area contributed by atoms with E-state index in [1.54, 1.807) is 25.3 Å². The van der Waals surface area contributed by atoms with Crippen LogP contribution in [0.1, 0.15) is 17.3 Å². The van der Waals surface area contributed by atoms with Gasteiger partial charge in [-0.15, -0.1) is 0 Å². The van der Waals surface area contributed by atoms with Crippen LogP contribution in [0, 0.1) is 0 Å². The highest BCUT2D eigenvalue weighted by atomic mass is 16.2. The quantitative estimate of drug-likeness (QED) is 0.896. The van der Waals surface area contributed by atoms with Crippen LogP contribution in [0.3, 0.4) is 0 Å². The molecule has 0 atom stereocenters. The standard InChI is InChI=1S/C20H25N5O2/c1-15(26)24-10-12-25(13-11-24)19-14-16(8-9-21-19)20(27)22-17-4-6-18(7-5-17)23(2)3/h4-9,14H,10-13H2,1-3H3,(H,22,27). The van der Waals surface area contributed by atoms with E-state index in [4.69, 9.17) is 0 Å². The number of hydrogen-bond donors (Lipinski definition) is 1. The zero-order valence-electron chi connectivity index (χ0n) is 16.0. The second-order valence-corrected chi connectivity index (χ2v) is 6.79. The summed E-state index contributed by atoms with van der Waals surface area (Å²) in [7, 11) is 3.95. The molecular formula is C20H25N5O2. The highest BCUT2D eigenvalue weighted by Crippen LogP contribution is 2.19. The second-order valence-electron chi connectivity index (χ2n) is 6.79. The van der Waals surface area contributed by atoms with Crippen LogP contribution in [0.4, 0.5) is 17.2 Å². The molecule has 27 heavy (non-hydrogen) atoms. The molecule has 1 aromatic heterocycles. The Bertz CT molecular complexity index is 811. The van der Waals surface area contributed by atoms with E-state index in [0.717, 1.165) is 17.2 Å². The Hall–Kier alpha value is -3.09. The van der Waals surface area contributed by atoms with Crippen molar-refractivity contribution in [2.24, 2.45) is 0 Å². The van der Waals surface area contributed by atoms with Crippen molar-refractivity contribution in [1.82, 2.24) is 9.88 Å². The number of pyridine rings is 1. The van der Waals surface area contributed by atoms with E-state index in [1.807, 2.05) is 48.2 Å². The van der Waals surface area contributed by atoms with E-state index in [1.165, 1.54) is 0 Å². The smallest absolute Gasteiger partial charge is 0.255 e. The molecule has 1 aliphatic rings. The van der Waals surface area contributed by atoms with Crippen molar-refractivity contribution in [1.29, 1.82) is 0 Å². The van der Waals surface area contributed by atoms with Crippen LogP contribution in [-0.4, -0.2) is 62.0 Å². The van der Waals surface area contributed by atoms with E-state index < -0.39 is 0 Å². The van der Waals surface area contributed by atoms with E-state index >= 15 is 0 Å². The molecule has 0 unspecified atom stereocenters. The number of amides is 2. The predicted octanol–water partition coefficient (Wildman–Crippen LogP) is 2.07. The number of nitrogens with one attached hydrogen (secondary N) is 1. The second kappa shape index (κ2) is 8.07. The topological polar surface area (TPSA) is 68.8 Å². The van der Waals surface area contributed by atoms with Gasteiger partial charge in [-0.3, -0.25) is 9.59 Å². The lowest BCUT2D eigenvalue weighted by atomic mass is 10.2. The molecule has 7 heteroatoms. The minimum absolute atomic E-state index is 0.0935. The summed E-state index contributed by atoms with van der Waals surface area (Å²) in [4.78, 5) is 34.4. The summed E-state index contributed by atoms with van der Waals surface area (Å²) < 4.78 is 0. The number of rotatable bonds is 4. The van der Waals surface area contributed by atoms with Crippen LogP contribution in [0.5, 0.6) is 0 Å². The van der Waals surface area contributed by atoms with Crippen LogP contribution in [0.15, 0.2) is 42.6 Å². The summed E-state index contributed by atoms with van der Waals surface area (Å²) in [6.45, 7) is 4.36. The van der Waals surface area contributed by atoms with Gasteiger partial charge in [0.2, 0.25) is 5.91 Å². The van der Waals surface area contributed by atoms with Crippen LogP contribution < -0.4 is 15.1 Å². The summed E-state index contributed by atoms with van der Waals surface area (Å²) in [5, 5.41) is 2.92. The van der Waals surface area contributed by atoms with E-state index in [2.05, 4.69) is 15.2 Å². The molecule has 7 nitrogen and oxygen atoms in total. The van der Waals surface area contributed by atoms with Crippen molar-refractivity contribution >= 4 is 29.0 Å². The third kappa shape index (κ3) is 4.55. The van der Waals surface area contributed by atoms with Crippen molar-refractivity contribution < 1.29 is 9.59 Å². The maximum absolute atomic E-state index is 12.6. The van der Waals surface area contributed by atoms with E-state index in [0.29, 0.717) is 31.7 Å². The van der Waals surface area contributed by atoms with Crippen LogP contribution in [0.2, 0.25) is 0 Å². The molecule has 3 rings (SSSR count). The summed E-state index contributed by atoms with van der Waals surface area (Å²) in [6, 6.07) is 11.2. The average molecular weight is 367 g/mol. The average Bonchev–Trinajstić information content (AvgIpc) is 2.68. The first kappa shape index (κ1) is 18.7. The minimum Gasteiger partial charge on any atom is -0.378 e. The maximum Gasteiger partial charge on any atom is 0.255 e. The van der Waals surface area contributed by atoms with Crippen LogP contribution in [-0.2, 0) is 4.79 Å². The van der Waals surface area contributed by atoms with Crippen LogP contribution >= 0.6 is 0 Å². The molecule has 2 heterocycles. The Kier molecular flexibility index (Phi) is 5.59. The Morgan fingerprint density at radius 1 is 1.04 bits per heavy atom. The number of nitrogens with zero attached hydrogens (tertiary/aromatic N) is 4. The number of carbonyl (C=O) groups excluding carboxylic acids is 2. The fraction of sp³-hybridized carbons (Fsp3) is 0.350. The number of benzene rings is 1. The molecule has 0 spiro atoms. The first-order valence-corrected chi connectivity index (χ1v) is 8.99. The first-order chi connectivity index (χ1) is 12.9. The SMILES string of the molecule is CC(=O)N1CCN(c2cc(C(=O)Nc3ccc(N(C)C)cc3)ccn2)CC1. The van der Waals surface area contributed by atoms with Gasteiger partial charge in [-0.1, -0.05) is 0 Å². The molecule has 0 bridgehead atoms. The monoisotopic (exact) mass is 367 g/mol. The zero-order chi connectivity index (χ0) is 19.4. The van der Waals surface area contributed by atoms with Gasteiger partial charge in [0.05, 0.1) is 0 Å². The molecular weight excluding hydrogens is 342 g/mol. The Labute approximate surface area is 159 Å². The van der Waals surface area contributed by atoms with Gasteiger partial charge < -0.3 is 20.0 Å². The zero-order valence-corrected chi connectivity index (χ0v) is 16.0. The third-order valence-electron chi connectivity index (χ3n) is 4.70. The molecule has 1 aliphatic heterocycles. The lowest BCUT2D eigenvalue weighted by Crippen LogP contribution is -2.48. The lowest BCUT2D eigenvalue weighted by molar-refractivity contribution is -0.129. The third-order valence-corrected chi connectivity index (χ3v) is 4.70. The van der Waals surface area contributed by atoms with Gasteiger partial charge in [0.1, 0.15) is 5.82 Å². The number of aromatic nitrogens is 1. The number of hydrogen-bond acceptors (Lipinski definition) is 5. The predicted molar refractivity (Wildman–Crippen MR) is 107 cm³/mol. The normalized spacial score (nSPS) is 14.0. The Morgan fingerprint density at radius 3 is 2.30 bits per heavy atom. The van der Waals surface area contributed by atoms with Crippen molar-refractivity contribution in [3.05, 3.63) is 48.2 Å². The lowest BCUT2D eigenvalue weighted by Gasteiger charge is -2.35. The van der Waals surface area contributed by atoms with Gasteiger partial charge in [0.15, 0.2) is 0 Å². The maximum atomic E-state index is 12.6. The molecule has 2 amide bonds. The molecule has 1 saturated heterocycles.